The highest BCUT2D eigenvalue weighted by atomic mass is 19.1. The summed E-state index contributed by atoms with van der Waals surface area (Å²) in [4.78, 5) is 15.3. The molecule has 1 amide bonds. The molecule has 3 aliphatic heterocycles. The van der Waals surface area contributed by atoms with Crippen LogP contribution in [0.15, 0.2) is 29.4 Å². The summed E-state index contributed by atoms with van der Waals surface area (Å²) in [6.07, 6.45) is 7.55. The van der Waals surface area contributed by atoms with E-state index in [2.05, 4.69) is 15.4 Å². The number of amides is 1. The van der Waals surface area contributed by atoms with E-state index in [4.69, 9.17) is 0 Å². The summed E-state index contributed by atoms with van der Waals surface area (Å²) in [6, 6.07) is 7.92. The molecule has 1 N–H and O–H groups in total. The second kappa shape index (κ2) is 5.82. The number of halogens is 1. The number of hydrogen-bond donors (Lipinski definition) is 1. The molecular weight excluding hydrogens is 317 g/mol. The standard InChI is InChI=1S/C20H24FN3O/c21-14-6-4-12(5-7-14)13-10-15-8-9-16(11-13)24(15)20(25)19-17-2-1-3-18(17)22-23-19/h4-7,13,15-18,22H,1-3,8-11H2/t13?,15-,16+,17?,18?. The molecule has 1 aromatic rings. The lowest BCUT2D eigenvalue weighted by Crippen LogP contribution is -2.49. The average Bonchev–Trinajstić information content (AvgIpc) is 3.28. The summed E-state index contributed by atoms with van der Waals surface area (Å²) >= 11 is 0. The van der Waals surface area contributed by atoms with Crippen LogP contribution in [0.3, 0.4) is 0 Å². The number of hydrazone groups is 1. The van der Waals surface area contributed by atoms with Gasteiger partial charge in [-0.3, -0.25) is 4.79 Å². The van der Waals surface area contributed by atoms with E-state index in [1.54, 1.807) is 12.1 Å². The zero-order valence-electron chi connectivity index (χ0n) is 14.3. The molecule has 1 saturated carbocycles. The van der Waals surface area contributed by atoms with E-state index in [9.17, 15) is 9.18 Å². The lowest BCUT2D eigenvalue weighted by atomic mass is 9.84. The third-order valence-electron chi connectivity index (χ3n) is 6.75. The van der Waals surface area contributed by atoms with Crippen molar-refractivity contribution >= 4 is 11.6 Å². The Labute approximate surface area is 147 Å². The van der Waals surface area contributed by atoms with Crippen molar-refractivity contribution in [1.29, 1.82) is 0 Å². The summed E-state index contributed by atoms with van der Waals surface area (Å²) < 4.78 is 13.2. The molecule has 1 aliphatic carbocycles. The van der Waals surface area contributed by atoms with Gasteiger partial charge in [-0.05, 0) is 62.1 Å². The van der Waals surface area contributed by atoms with E-state index >= 15 is 0 Å². The molecule has 0 spiro atoms. The molecule has 0 radical (unpaired) electrons. The topological polar surface area (TPSA) is 44.7 Å². The number of rotatable bonds is 2. The van der Waals surface area contributed by atoms with Crippen LogP contribution in [0.5, 0.6) is 0 Å². The van der Waals surface area contributed by atoms with Crippen molar-refractivity contribution in [2.24, 2.45) is 11.0 Å². The van der Waals surface area contributed by atoms with E-state index in [1.807, 2.05) is 12.1 Å². The summed E-state index contributed by atoms with van der Waals surface area (Å²) in [5.41, 5.74) is 5.17. The predicted molar refractivity (Wildman–Crippen MR) is 93.7 cm³/mol. The fourth-order valence-corrected chi connectivity index (χ4v) is 5.53. The van der Waals surface area contributed by atoms with Crippen LogP contribution in [-0.4, -0.2) is 34.6 Å². The highest BCUT2D eigenvalue weighted by molar-refractivity contribution is 6.40. The van der Waals surface area contributed by atoms with Gasteiger partial charge in [0.05, 0.1) is 6.04 Å². The van der Waals surface area contributed by atoms with Crippen LogP contribution >= 0.6 is 0 Å². The number of hydrogen-bond acceptors (Lipinski definition) is 3. The monoisotopic (exact) mass is 341 g/mol. The van der Waals surface area contributed by atoms with Crippen molar-refractivity contribution in [3.05, 3.63) is 35.6 Å². The zero-order chi connectivity index (χ0) is 17.0. The maximum absolute atomic E-state index is 13.2. The van der Waals surface area contributed by atoms with Gasteiger partial charge in [-0.15, -0.1) is 0 Å². The van der Waals surface area contributed by atoms with Crippen LogP contribution in [-0.2, 0) is 4.79 Å². The lowest BCUT2D eigenvalue weighted by molar-refractivity contribution is -0.128. The van der Waals surface area contributed by atoms with E-state index < -0.39 is 0 Å². The first-order valence-corrected chi connectivity index (χ1v) is 9.62. The van der Waals surface area contributed by atoms with Gasteiger partial charge in [-0.25, -0.2) is 4.39 Å². The first kappa shape index (κ1) is 15.4. The van der Waals surface area contributed by atoms with E-state index in [0.29, 0.717) is 30.0 Å². The SMILES string of the molecule is O=C(C1=NNC2CCCC12)N1[C@@H]2CC[C@H]1CC(c1ccc(F)cc1)C2. The molecule has 25 heavy (non-hydrogen) atoms. The Morgan fingerprint density at radius 2 is 1.80 bits per heavy atom. The Hall–Kier alpha value is -1.91. The first-order valence-electron chi connectivity index (χ1n) is 9.62. The van der Waals surface area contributed by atoms with Crippen molar-refractivity contribution in [3.63, 3.8) is 0 Å². The van der Waals surface area contributed by atoms with Crippen LogP contribution in [0.25, 0.3) is 0 Å². The van der Waals surface area contributed by atoms with Gasteiger partial charge in [0, 0.05) is 18.0 Å². The van der Waals surface area contributed by atoms with Crippen LogP contribution in [0.1, 0.15) is 56.4 Å². The summed E-state index contributed by atoms with van der Waals surface area (Å²) in [5, 5.41) is 4.41. The van der Waals surface area contributed by atoms with Gasteiger partial charge in [0.2, 0.25) is 0 Å². The molecule has 3 fully saturated rings. The molecule has 2 saturated heterocycles. The highest BCUT2D eigenvalue weighted by Crippen LogP contribution is 2.44. The smallest absolute Gasteiger partial charge is 0.270 e. The van der Waals surface area contributed by atoms with Gasteiger partial charge in [0.25, 0.3) is 5.91 Å². The number of carbonyl (C=O) groups is 1. The van der Waals surface area contributed by atoms with Gasteiger partial charge in [0.15, 0.2) is 0 Å². The number of nitrogens with zero attached hydrogens (tertiary/aromatic N) is 2. The highest BCUT2D eigenvalue weighted by Gasteiger charge is 2.48. The third-order valence-corrected chi connectivity index (χ3v) is 6.75. The van der Waals surface area contributed by atoms with Gasteiger partial charge in [0.1, 0.15) is 11.5 Å². The Balaban J connectivity index is 1.34. The van der Waals surface area contributed by atoms with Crippen molar-refractivity contribution in [1.82, 2.24) is 10.3 Å². The minimum atomic E-state index is -0.183. The third kappa shape index (κ3) is 2.47. The molecule has 3 heterocycles. The van der Waals surface area contributed by atoms with Crippen molar-refractivity contribution < 1.29 is 9.18 Å². The summed E-state index contributed by atoms with van der Waals surface area (Å²) in [6.45, 7) is 0. The molecule has 132 valence electrons. The maximum Gasteiger partial charge on any atom is 0.270 e. The van der Waals surface area contributed by atoms with Gasteiger partial charge in [-0.2, -0.15) is 5.10 Å². The number of piperidine rings is 1. The van der Waals surface area contributed by atoms with Crippen molar-refractivity contribution in [3.8, 4) is 0 Å². The Morgan fingerprint density at radius 3 is 2.52 bits per heavy atom. The van der Waals surface area contributed by atoms with Gasteiger partial charge < -0.3 is 10.3 Å². The normalized spacial score (nSPS) is 36.1. The molecule has 2 bridgehead atoms. The Kier molecular flexibility index (Phi) is 3.57. The predicted octanol–water partition coefficient (Wildman–Crippen LogP) is 3.19. The molecule has 5 atom stereocenters. The number of nitrogens with one attached hydrogen (secondary N) is 1. The molecule has 5 rings (SSSR count). The molecule has 0 aromatic heterocycles. The second-order valence-electron chi connectivity index (χ2n) is 8.09. The first-order chi connectivity index (χ1) is 12.2. The largest absolute Gasteiger partial charge is 0.332 e. The zero-order valence-corrected chi connectivity index (χ0v) is 14.3. The van der Waals surface area contributed by atoms with Crippen LogP contribution in [0.2, 0.25) is 0 Å². The van der Waals surface area contributed by atoms with E-state index in [0.717, 1.165) is 44.2 Å². The van der Waals surface area contributed by atoms with Gasteiger partial charge >= 0.3 is 0 Å². The molecule has 1 aromatic carbocycles. The maximum atomic E-state index is 13.2. The second-order valence-corrected chi connectivity index (χ2v) is 8.09. The Morgan fingerprint density at radius 1 is 1.08 bits per heavy atom. The molecule has 5 heteroatoms. The van der Waals surface area contributed by atoms with E-state index in [1.165, 1.54) is 12.0 Å². The number of fused-ring (bicyclic) bond motifs is 3. The fraction of sp³-hybridized carbons (Fsp3) is 0.600. The molecule has 4 aliphatic rings. The fourth-order valence-electron chi connectivity index (χ4n) is 5.53. The van der Waals surface area contributed by atoms with Crippen LogP contribution in [0.4, 0.5) is 4.39 Å². The average molecular weight is 341 g/mol. The van der Waals surface area contributed by atoms with Crippen molar-refractivity contribution in [2.75, 3.05) is 0 Å². The minimum absolute atomic E-state index is 0.173. The summed E-state index contributed by atoms with van der Waals surface area (Å²) in [7, 11) is 0. The van der Waals surface area contributed by atoms with Crippen LogP contribution < -0.4 is 5.43 Å². The lowest BCUT2D eigenvalue weighted by Gasteiger charge is -2.39. The molecular formula is C20H24FN3O. The van der Waals surface area contributed by atoms with Gasteiger partial charge in [-0.1, -0.05) is 18.6 Å². The minimum Gasteiger partial charge on any atom is -0.332 e. The number of carbonyl (C=O) groups excluding carboxylic acids is 1. The van der Waals surface area contributed by atoms with Crippen molar-refractivity contribution in [2.45, 2.75) is 69.0 Å². The quantitative estimate of drug-likeness (QED) is 0.898. The Bertz CT molecular complexity index is 702. The van der Waals surface area contributed by atoms with Crippen LogP contribution in [0, 0.1) is 11.7 Å². The van der Waals surface area contributed by atoms with E-state index in [-0.39, 0.29) is 11.7 Å². The molecule has 4 nitrogen and oxygen atoms in total. The number of benzene rings is 1. The summed E-state index contributed by atoms with van der Waals surface area (Å²) in [5.74, 6) is 0.746. The molecule has 3 unspecified atom stereocenters.